The molecule has 0 aromatic heterocycles. The molecule has 0 N–H and O–H groups in total. The van der Waals surface area contributed by atoms with Crippen LogP contribution in [0.5, 0.6) is 0 Å². The van der Waals surface area contributed by atoms with Gasteiger partial charge in [0.2, 0.25) is 0 Å². The lowest BCUT2D eigenvalue weighted by Gasteiger charge is -2.00. The minimum absolute atomic E-state index is 0.206. The van der Waals surface area contributed by atoms with Crippen molar-refractivity contribution in [1.82, 2.24) is 0 Å². The van der Waals surface area contributed by atoms with Gasteiger partial charge < -0.3 is 4.74 Å². The number of hydrogen-bond acceptors (Lipinski definition) is 2. The van der Waals surface area contributed by atoms with Crippen LogP contribution in [0.2, 0.25) is 0 Å². The van der Waals surface area contributed by atoms with Crippen LogP contribution in [-0.2, 0) is 9.53 Å². The van der Waals surface area contributed by atoms with Crippen molar-refractivity contribution in [3.05, 3.63) is 24.8 Å². The van der Waals surface area contributed by atoms with Crippen LogP contribution in [0.15, 0.2) is 24.8 Å². The number of carbonyl (C=O) groups excluding carboxylic acids is 1. The van der Waals surface area contributed by atoms with Gasteiger partial charge in [-0.1, -0.05) is 26.2 Å². The summed E-state index contributed by atoms with van der Waals surface area (Å²) in [5, 5.41) is 0. The highest BCUT2D eigenvalue weighted by Gasteiger charge is 1.96. The summed E-state index contributed by atoms with van der Waals surface area (Å²) < 4.78 is 4.73. The van der Waals surface area contributed by atoms with Crippen LogP contribution in [0.25, 0.3) is 0 Å². The second-order valence-electron chi connectivity index (χ2n) is 1.88. The molecule has 0 saturated carbocycles. The zero-order valence-corrected chi connectivity index (χ0v) is 6.22. The normalized spacial score (nSPS) is 8.50. The zero-order chi connectivity index (χ0) is 7.98. The average Bonchev–Trinajstić information content (AvgIpc) is 1.99. The first-order valence-electron chi connectivity index (χ1n) is 3.16. The average molecular weight is 140 g/mol. The highest BCUT2D eigenvalue weighted by molar-refractivity contribution is 5.69. The number of carbonyl (C=O) groups is 1. The van der Waals surface area contributed by atoms with Gasteiger partial charge in [0.25, 0.3) is 0 Å². The zero-order valence-electron chi connectivity index (χ0n) is 6.22. The Morgan fingerprint density at radius 2 is 2.30 bits per heavy atom. The van der Waals surface area contributed by atoms with Crippen LogP contribution in [0, 0.1) is 0 Å². The molecule has 0 atom stereocenters. The van der Waals surface area contributed by atoms with E-state index in [9.17, 15) is 4.79 Å². The van der Waals surface area contributed by atoms with Crippen LogP contribution >= 0.6 is 0 Å². The Bertz CT molecular complexity index is 147. The monoisotopic (exact) mass is 140 g/mol. The molecule has 0 radical (unpaired) electrons. The molecule has 0 rings (SSSR count). The van der Waals surface area contributed by atoms with Crippen LogP contribution in [0.3, 0.4) is 0 Å². The highest BCUT2D eigenvalue weighted by atomic mass is 16.5. The first-order valence-corrected chi connectivity index (χ1v) is 3.16. The second kappa shape index (κ2) is 4.79. The molecule has 0 amide bonds. The molecule has 0 aliphatic carbocycles. The third kappa shape index (κ3) is 3.89. The lowest BCUT2D eigenvalue weighted by molar-refractivity contribution is -0.142. The summed E-state index contributed by atoms with van der Waals surface area (Å²) in [5.41, 5.74) is 0.724. The van der Waals surface area contributed by atoms with Crippen molar-refractivity contribution in [1.29, 1.82) is 0 Å². The first-order chi connectivity index (χ1) is 4.70. The number of hydrogen-bond donors (Lipinski definition) is 0. The Hall–Kier alpha value is -1.05. The van der Waals surface area contributed by atoms with Crippen LogP contribution in [0.4, 0.5) is 0 Å². The fourth-order valence-electron chi connectivity index (χ4n) is 0.334. The van der Waals surface area contributed by atoms with Crippen LogP contribution in [-0.4, -0.2) is 12.6 Å². The number of ether oxygens (including phenoxy) is 1. The van der Waals surface area contributed by atoms with Gasteiger partial charge in [-0.2, -0.15) is 0 Å². The van der Waals surface area contributed by atoms with Gasteiger partial charge in [-0.15, -0.1) is 0 Å². The fraction of sp³-hybridized carbons (Fsp3) is 0.375. The molecule has 0 saturated heterocycles. The molecule has 0 aliphatic rings. The Morgan fingerprint density at radius 1 is 1.70 bits per heavy atom. The summed E-state index contributed by atoms with van der Waals surface area (Å²) >= 11 is 0. The molecule has 0 bridgehead atoms. The van der Waals surface area contributed by atoms with E-state index in [1.807, 2.05) is 0 Å². The molecule has 2 nitrogen and oxygen atoms in total. The summed E-state index contributed by atoms with van der Waals surface area (Å²) in [4.78, 5) is 10.5. The Kier molecular flexibility index (Phi) is 4.29. The van der Waals surface area contributed by atoms with Gasteiger partial charge in [-0.3, -0.25) is 4.79 Å². The molecule has 56 valence electrons. The van der Waals surface area contributed by atoms with Crippen LogP contribution in [0.1, 0.15) is 13.3 Å². The van der Waals surface area contributed by atoms with Gasteiger partial charge >= 0.3 is 5.97 Å². The van der Waals surface area contributed by atoms with Gasteiger partial charge in [0.05, 0.1) is 0 Å². The third-order valence-corrected chi connectivity index (χ3v) is 0.996. The SMILES string of the molecule is C=CC(=C)COC(=O)CC. The topological polar surface area (TPSA) is 26.3 Å². The Morgan fingerprint density at radius 3 is 2.70 bits per heavy atom. The minimum Gasteiger partial charge on any atom is -0.461 e. The van der Waals surface area contributed by atoms with Gasteiger partial charge in [0.1, 0.15) is 6.61 Å². The van der Waals surface area contributed by atoms with E-state index in [2.05, 4.69) is 13.2 Å². The van der Waals surface area contributed by atoms with E-state index in [-0.39, 0.29) is 12.6 Å². The molecule has 0 aliphatic heterocycles. The van der Waals surface area contributed by atoms with Gasteiger partial charge in [0.15, 0.2) is 0 Å². The molecule has 0 spiro atoms. The summed E-state index contributed by atoms with van der Waals surface area (Å²) in [7, 11) is 0. The van der Waals surface area contributed by atoms with E-state index < -0.39 is 0 Å². The largest absolute Gasteiger partial charge is 0.461 e. The van der Waals surface area contributed by atoms with Crippen molar-refractivity contribution in [2.24, 2.45) is 0 Å². The fourth-order valence-corrected chi connectivity index (χ4v) is 0.334. The smallest absolute Gasteiger partial charge is 0.305 e. The van der Waals surface area contributed by atoms with Crippen molar-refractivity contribution in [3.63, 3.8) is 0 Å². The van der Waals surface area contributed by atoms with E-state index >= 15 is 0 Å². The van der Waals surface area contributed by atoms with E-state index in [1.165, 1.54) is 0 Å². The predicted octanol–water partition coefficient (Wildman–Crippen LogP) is 1.68. The molecule has 0 fully saturated rings. The highest BCUT2D eigenvalue weighted by Crippen LogP contribution is 1.93. The Labute approximate surface area is 61.2 Å². The molecular weight excluding hydrogens is 128 g/mol. The summed E-state index contributed by atoms with van der Waals surface area (Å²) in [6.07, 6.45) is 1.98. The molecule has 0 aromatic carbocycles. The maximum atomic E-state index is 10.5. The van der Waals surface area contributed by atoms with Gasteiger partial charge in [-0.05, 0) is 5.57 Å². The quantitative estimate of drug-likeness (QED) is 0.438. The molecular formula is C8H12O2. The lowest BCUT2D eigenvalue weighted by Crippen LogP contribution is -2.04. The van der Waals surface area contributed by atoms with Crippen molar-refractivity contribution in [2.75, 3.05) is 6.61 Å². The van der Waals surface area contributed by atoms with Crippen molar-refractivity contribution in [3.8, 4) is 0 Å². The third-order valence-electron chi connectivity index (χ3n) is 0.996. The number of esters is 1. The standard InChI is InChI=1S/C8H12O2/c1-4-7(3)6-10-8(9)5-2/h4H,1,3,5-6H2,2H3. The van der Waals surface area contributed by atoms with E-state index in [0.29, 0.717) is 6.42 Å². The maximum absolute atomic E-state index is 10.5. The summed E-state index contributed by atoms with van der Waals surface area (Å²) in [5.74, 6) is -0.206. The lowest BCUT2D eigenvalue weighted by atomic mass is 10.3. The summed E-state index contributed by atoms with van der Waals surface area (Å²) in [6.45, 7) is 9.07. The van der Waals surface area contributed by atoms with Gasteiger partial charge in [-0.25, -0.2) is 0 Å². The van der Waals surface area contributed by atoms with E-state index in [0.717, 1.165) is 5.57 Å². The van der Waals surface area contributed by atoms with E-state index in [4.69, 9.17) is 4.74 Å². The molecule has 0 aromatic rings. The summed E-state index contributed by atoms with van der Waals surface area (Å²) in [6, 6.07) is 0. The molecule has 2 heteroatoms. The van der Waals surface area contributed by atoms with Crippen molar-refractivity contribution < 1.29 is 9.53 Å². The number of rotatable bonds is 4. The first kappa shape index (κ1) is 8.95. The Balaban J connectivity index is 3.44. The van der Waals surface area contributed by atoms with Crippen LogP contribution < -0.4 is 0 Å². The second-order valence-corrected chi connectivity index (χ2v) is 1.88. The van der Waals surface area contributed by atoms with E-state index in [1.54, 1.807) is 13.0 Å². The van der Waals surface area contributed by atoms with Crippen molar-refractivity contribution >= 4 is 5.97 Å². The minimum atomic E-state index is -0.206. The maximum Gasteiger partial charge on any atom is 0.305 e. The molecule has 0 unspecified atom stereocenters. The predicted molar refractivity (Wildman–Crippen MR) is 40.6 cm³/mol. The molecule has 10 heavy (non-hydrogen) atoms. The molecule has 0 heterocycles. The van der Waals surface area contributed by atoms with Crippen molar-refractivity contribution in [2.45, 2.75) is 13.3 Å². The van der Waals surface area contributed by atoms with Gasteiger partial charge in [0, 0.05) is 6.42 Å².